The van der Waals surface area contributed by atoms with Gasteiger partial charge in [-0.05, 0) is 51.8 Å². The number of hydrogen-bond acceptors (Lipinski definition) is 3. The van der Waals surface area contributed by atoms with Crippen LogP contribution in [0.5, 0.6) is 5.88 Å². The van der Waals surface area contributed by atoms with Gasteiger partial charge in [0.05, 0.1) is 6.10 Å². The lowest BCUT2D eigenvalue weighted by atomic mass is 10.0. The quantitative estimate of drug-likeness (QED) is 0.843. The molecule has 0 aromatic carbocycles. The van der Waals surface area contributed by atoms with Crippen LogP contribution in [0.4, 0.5) is 0 Å². The third-order valence-electron chi connectivity index (χ3n) is 2.80. The molecule has 1 unspecified atom stereocenters. The molecule has 0 spiro atoms. The van der Waals surface area contributed by atoms with Crippen LogP contribution in [0.3, 0.4) is 0 Å². The van der Waals surface area contributed by atoms with Gasteiger partial charge in [0.25, 0.3) is 0 Å². The SMILES string of the molecule is CC(C)Oc1cccc(CC2CCNC2)n1. The molecule has 16 heavy (non-hydrogen) atoms. The van der Waals surface area contributed by atoms with E-state index >= 15 is 0 Å². The van der Waals surface area contributed by atoms with Gasteiger partial charge >= 0.3 is 0 Å². The second kappa shape index (κ2) is 5.30. The molecule has 0 saturated carbocycles. The molecule has 1 aromatic rings. The molecule has 2 rings (SSSR count). The van der Waals surface area contributed by atoms with Crippen LogP contribution in [-0.4, -0.2) is 24.2 Å². The maximum absolute atomic E-state index is 5.59. The Balaban J connectivity index is 1.97. The molecule has 2 heterocycles. The molecule has 0 radical (unpaired) electrons. The van der Waals surface area contributed by atoms with Crippen molar-refractivity contribution in [3.05, 3.63) is 23.9 Å². The van der Waals surface area contributed by atoms with E-state index in [0.717, 1.165) is 37.0 Å². The molecule has 88 valence electrons. The molecule has 1 fully saturated rings. The molecule has 3 heteroatoms. The van der Waals surface area contributed by atoms with Crippen molar-refractivity contribution in [1.82, 2.24) is 10.3 Å². The third-order valence-corrected chi connectivity index (χ3v) is 2.80. The van der Waals surface area contributed by atoms with Crippen molar-refractivity contribution in [3.8, 4) is 5.88 Å². The predicted molar refractivity (Wildman–Crippen MR) is 64.7 cm³/mol. The van der Waals surface area contributed by atoms with E-state index in [4.69, 9.17) is 4.74 Å². The van der Waals surface area contributed by atoms with Crippen LogP contribution in [-0.2, 0) is 6.42 Å². The topological polar surface area (TPSA) is 34.1 Å². The summed E-state index contributed by atoms with van der Waals surface area (Å²) < 4.78 is 5.59. The maximum atomic E-state index is 5.59. The van der Waals surface area contributed by atoms with Crippen LogP contribution in [0.1, 0.15) is 26.0 Å². The Hall–Kier alpha value is -1.09. The molecule has 0 amide bonds. The van der Waals surface area contributed by atoms with Gasteiger partial charge in [-0.2, -0.15) is 0 Å². The fraction of sp³-hybridized carbons (Fsp3) is 0.615. The number of pyridine rings is 1. The van der Waals surface area contributed by atoms with Crippen LogP contribution in [0.25, 0.3) is 0 Å². The van der Waals surface area contributed by atoms with E-state index < -0.39 is 0 Å². The van der Waals surface area contributed by atoms with E-state index in [1.54, 1.807) is 0 Å². The number of hydrogen-bond donors (Lipinski definition) is 1. The lowest BCUT2D eigenvalue weighted by Gasteiger charge is -2.11. The van der Waals surface area contributed by atoms with E-state index in [-0.39, 0.29) is 6.10 Å². The average molecular weight is 220 g/mol. The molecule has 1 aromatic heterocycles. The minimum absolute atomic E-state index is 0.191. The highest BCUT2D eigenvalue weighted by molar-refractivity contribution is 5.16. The summed E-state index contributed by atoms with van der Waals surface area (Å²) in [7, 11) is 0. The van der Waals surface area contributed by atoms with Gasteiger partial charge in [0.15, 0.2) is 0 Å². The summed E-state index contributed by atoms with van der Waals surface area (Å²) in [6.45, 7) is 6.31. The summed E-state index contributed by atoms with van der Waals surface area (Å²) in [5.41, 5.74) is 1.15. The highest BCUT2D eigenvalue weighted by Crippen LogP contribution is 2.16. The van der Waals surface area contributed by atoms with Crippen molar-refractivity contribution in [2.75, 3.05) is 13.1 Å². The zero-order valence-electron chi connectivity index (χ0n) is 10.1. The van der Waals surface area contributed by atoms with Crippen molar-refractivity contribution in [2.45, 2.75) is 32.8 Å². The number of nitrogens with one attached hydrogen (secondary N) is 1. The molecule has 1 N–H and O–H groups in total. The van der Waals surface area contributed by atoms with Gasteiger partial charge in [0.1, 0.15) is 0 Å². The van der Waals surface area contributed by atoms with Gasteiger partial charge in [-0.3, -0.25) is 0 Å². The summed E-state index contributed by atoms with van der Waals surface area (Å²) in [6.07, 6.45) is 2.51. The zero-order chi connectivity index (χ0) is 11.4. The standard InChI is InChI=1S/C13H20N2O/c1-10(2)16-13-5-3-4-12(15-13)8-11-6-7-14-9-11/h3-5,10-11,14H,6-9H2,1-2H3. The predicted octanol–water partition coefficient (Wildman–Crippen LogP) is 2.02. The average Bonchev–Trinajstić information content (AvgIpc) is 2.70. The van der Waals surface area contributed by atoms with Gasteiger partial charge in [-0.1, -0.05) is 6.07 Å². The van der Waals surface area contributed by atoms with Gasteiger partial charge in [0, 0.05) is 11.8 Å². The number of rotatable bonds is 4. The first kappa shape index (κ1) is 11.4. The highest BCUT2D eigenvalue weighted by atomic mass is 16.5. The first-order chi connectivity index (χ1) is 7.74. The summed E-state index contributed by atoms with van der Waals surface area (Å²) in [4.78, 5) is 4.53. The Bertz CT molecular complexity index is 332. The molecule has 1 aliphatic rings. The number of aromatic nitrogens is 1. The smallest absolute Gasteiger partial charge is 0.213 e. The molecular weight excluding hydrogens is 200 g/mol. The van der Waals surface area contributed by atoms with Gasteiger partial charge in [-0.25, -0.2) is 4.98 Å². The van der Waals surface area contributed by atoms with E-state index in [1.165, 1.54) is 6.42 Å². The van der Waals surface area contributed by atoms with Gasteiger partial charge in [-0.15, -0.1) is 0 Å². The van der Waals surface area contributed by atoms with Crippen LogP contribution >= 0.6 is 0 Å². The fourth-order valence-electron chi connectivity index (χ4n) is 2.06. The summed E-state index contributed by atoms with van der Waals surface area (Å²) in [6, 6.07) is 6.05. The Morgan fingerprint density at radius 2 is 2.38 bits per heavy atom. The van der Waals surface area contributed by atoms with Crippen molar-refractivity contribution in [1.29, 1.82) is 0 Å². The van der Waals surface area contributed by atoms with Crippen LogP contribution in [0.2, 0.25) is 0 Å². The van der Waals surface area contributed by atoms with Crippen molar-refractivity contribution in [3.63, 3.8) is 0 Å². The Kier molecular flexibility index (Phi) is 3.78. The van der Waals surface area contributed by atoms with E-state index in [0.29, 0.717) is 0 Å². The fourth-order valence-corrected chi connectivity index (χ4v) is 2.06. The van der Waals surface area contributed by atoms with Gasteiger partial charge in [0.2, 0.25) is 5.88 Å². The van der Waals surface area contributed by atoms with E-state index in [1.807, 2.05) is 26.0 Å². The normalized spacial score (nSPS) is 20.3. The minimum Gasteiger partial charge on any atom is -0.475 e. The molecule has 3 nitrogen and oxygen atoms in total. The Morgan fingerprint density at radius 3 is 3.06 bits per heavy atom. The third kappa shape index (κ3) is 3.20. The molecule has 0 aliphatic carbocycles. The second-order valence-electron chi connectivity index (χ2n) is 4.70. The summed E-state index contributed by atoms with van der Waals surface area (Å²) >= 11 is 0. The van der Waals surface area contributed by atoms with Crippen molar-refractivity contribution in [2.24, 2.45) is 5.92 Å². The first-order valence-corrected chi connectivity index (χ1v) is 6.07. The van der Waals surface area contributed by atoms with Crippen molar-refractivity contribution >= 4 is 0 Å². The van der Waals surface area contributed by atoms with E-state index in [2.05, 4.69) is 16.4 Å². The highest BCUT2D eigenvalue weighted by Gasteiger charge is 2.15. The molecule has 0 bridgehead atoms. The second-order valence-corrected chi connectivity index (χ2v) is 4.70. The molecule has 1 aliphatic heterocycles. The maximum Gasteiger partial charge on any atom is 0.213 e. The Labute approximate surface area is 97.2 Å². The number of nitrogens with zero attached hydrogens (tertiary/aromatic N) is 1. The summed E-state index contributed by atoms with van der Waals surface area (Å²) in [5, 5.41) is 3.38. The Morgan fingerprint density at radius 1 is 1.50 bits per heavy atom. The molecular formula is C13H20N2O. The zero-order valence-corrected chi connectivity index (χ0v) is 10.1. The largest absolute Gasteiger partial charge is 0.475 e. The van der Waals surface area contributed by atoms with E-state index in [9.17, 15) is 0 Å². The summed E-state index contributed by atoms with van der Waals surface area (Å²) in [5.74, 6) is 1.49. The first-order valence-electron chi connectivity index (χ1n) is 6.07. The van der Waals surface area contributed by atoms with Crippen LogP contribution < -0.4 is 10.1 Å². The lowest BCUT2D eigenvalue weighted by molar-refractivity contribution is 0.232. The van der Waals surface area contributed by atoms with Crippen molar-refractivity contribution < 1.29 is 4.74 Å². The molecule has 1 saturated heterocycles. The van der Waals surface area contributed by atoms with Gasteiger partial charge < -0.3 is 10.1 Å². The van der Waals surface area contributed by atoms with Crippen LogP contribution in [0, 0.1) is 5.92 Å². The molecule has 1 atom stereocenters. The number of ether oxygens (including phenoxy) is 1. The lowest BCUT2D eigenvalue weighted by Crippen LogP contribution is -2.12. The minimum atomic E-state index is 0.191. The monoisotopic (exact) mass is 220 g/mol. The van der Waals surface area contributed by atoms with Crippen LogP contribution in [0.15, 0.2) is 18.2 Å².